The summed E-state index contributed by atoms with van der Waals surface area (Å²) in [5.41, 5.74) is 5.65. The number of rotatable bonds is 12. The van der Waals surface area contributed by atoms with Crippen molar-refractivity contribution in [1.29, 1.82) is 0 Å². The summed E-state index contributed by atoms with van der Waals surface area (Å²) in [5.74, 6) is 0.929. The minimum atomic E-state index is 0.310. The molecule has 2 N–H and O–H groups in total. The molecule has 0 aliphatic carbocycles. The zero-order chi connectivity index (χ0) is 15.4. The van der Waals surface area contributed by atoms with Crippen molar-refractivity contribution in [3.63, 3.8) is 0 Å². The Labute approximate surface area is 125 Å². The van der Waals surface area contributed by atoms with Gasteiger partial charge in [-0.25, -0.2) is 0 Å². The van der Waals surface area contributed by atoms with Gasteiger partial charge in [-0.05, 0) is 59.3 Å². The quantitative estimate of drug-likeness (QED) is 0.599. The highest BCUT2D eigenvalue weighted by molar-refractivity contribution is 5.76. The van der Waals surface area contributed by atoms with E-state index >= 15 is 0 Å². The molecule has 120 valence electrons. The van der Waals surface area contributed by atoms with Crippen molar-refractivity contribution in [2.24, 2.45) is 11.7 Å². The largest absolute Gasteiger partial charge is 0.343 e. The molecule has 0 bridgehead atoms. The molecule has 0 aromatic carbocycles. The van der Waals surface area contributed by atoms with E-state index in [4.69, 9.17) is 5.73 Å². The molecule has 1 unspecified atom stereocenters. The molecule has 1 amide bonds. The summed E-state index contributed by atoms with van der Waals surface area (Å²) in [7, 11) is 4.14. The van der Waals surface area contributed by atoms with Gasteiger partial charge in [0.1, 0.15) is 0 Å². The summed E-state index contributed by atoms with van der Waals surface area (Å²) in [6.45, 7) is 7.74. The molecule has 0 spiro atoms. The van der Waals surface area contributed by atoms with Gasteiger partial charge in [0.25, 0.3) is 0 Å². The number of carbonyl (C=O) groups excluding carboxylic acids is 1. The molecule has 0 saturated heterocycles. The molecule has 0 aromatic rings. The second kappa shape index (κ2) is 12.2. The van der Waals surface area contributed by atoms with Crippen LogP contribution in [0.4, 0.5) is 0 Å². The van der Waals surface area contributed by atoms with Gasteiger partial charge < -0.3 is 15.5 Å². The Morgan fingerprint density at radius 3 is 2.30 bits per heavy atom. The molecule has 0 heterocycles. The van der Waals surface area contributed by atoms with Crippen molar-refractivity contribution in [1.82, 2.24) is 9.80 Å². The molecule has 4 nitrogen and oxygen atoms in total. The highest BCUT2D eigenvalue weighted by Gasteiger charge is 2.14. The van der Waals surface area contributed by atoms with E-state index in [9.17, 15) is 4.79 Å². The van der Waals surface area contributed by atoms with E-state index in [0.717, 1.165) is 45.4 Å². The third-order valence-corrected chi connectivity index (χ3v) is 3.81. The first kappa shape index (κ1) is 19.4. The summed E-state index contributed by atoms with van der Waals surface area (Å²) in [4.78, 5) is 16.4. The van der Waals surface area contributed by atoms with Crippen LogP contribution in [0.5, 0.6) is 0 Å². The molecule has 4 heteroatoms. The molecule has 20 heavy (non-hydrogen) atoms. The lowest BCUT2D eigenvalue weighted by atomic mass is 9.94. The topological polar surface area (TPSA) is 49.6 Å². The van der Waals surface area contributed by atoms with Crippen molar-refractivity contribution in [2.45, 2.75) is 52.4 Å². The predicted molar refractivity (Wildman–Crippen MR) is 86.7 cm³/mol. The van der Waals surface area contributed by atoms with Crippen LogP contribution in [0, 0.1) is 5.92 Å². The summed E-state index contributed by atoms with van der Waals surface area (Å²) in [6.07, 6.45) is 6.15. The Bertz CT molecular complexity index is 238. The first-order valence-corrected chi connectivity index (χ1v) is 8.17. The first-order valence-electron chi connectivity index (χ1n) is 8.17. The van der Waals surface area contributed by atoms with Crippen LogP contribution in [-0.2, 0) is 4.79 Å². The van der Waals surface area contributed by atoms with Crippen LogP contribution in [0.15, 0.2) is 0 Å². The van der Waals surface area contributed by atoms with E-state index in [0.29, 0.717) is 18.2 Å². The predicted octanol–water partition coefficient (Wildman–Crippen LogP) is 2.33. The number of hydrogen-bond donors (Lipinski definition) is 1. The lowest BCUT2D eigenvalue weighted by Gasteiger charge is -2.23. The van der Waals surface area contributed by atoms with Gasteiger partial charge in [-0.15, -0.1) is 0 Å². The molecule has 0 rings (SSSR count). The van der Waals surface area contributed by atoms with E-state index in [-0.39, 0.29) is 0 Å². The van der Waals surface area contributed by atoms with Crippen molar-refractivity contribution >= 4 is 5.91 Å². The van der Waals surface area contributed by atoms with Gasteiger partial charge in [-0.1, -0.05) is 19.8 Å². The first-order chi connectivity index (χ1) is 9.54. The minimum absolute atomic E-state index is 0.310. The van der Waals surface area contributed by atoms with Gasteiger partial charge in [0.05, 0.1) is 0 Å². The minimum Gasteiger partial charge on any atom is -0.343 e. The van der Waals surface area contributed by atoms with Crippen LogP contribution >= 0.6 is 0 Å². The smallest absolute Gasteiger partial charge is 0.222 e. The Hall–Kier alpha value is -0.610. The van der Waals surface area contributed by atoms with E-state index in [1.165, 1.54) is 12.8 Å². The SMILES string of the molecule is CCCC(CCN)CCC(=O)N(CC)CCCN(C)C. The van der Waals surface area contributed by atoms with Crippen LogP contribution < -0.4 is 5.73 Å². The van der Waals surface area contributed by atoms with E-state index in [1.807, 2.05) is 4.90 Å². The number of hydrogen-bond acceptors (Lipinski definition) is 3. The van der Waals surface area contributed by atoms with Crippen LogP contribution in [0.1, 0.15) is 52.4 Å². The lowest BCUT2D eigenvalue weighted by Crippen LogP contribution is -2.33. The zero-order valence-corrected chi connectivity index (χ0v) is 14.0. The molecule has 0 aliphatic heterocycles. The van der Waals surface area contributed by atoms with Crippen LogP contribution in [0.25, 0.3) is 0 Å². The third kappa shape index (κ3) is 9.32. The maximum absolute atomic E-state index is 12.2. The molecular formula is C16H35N3O. The number of nitrogens with two attached hydrogens (primary N) is 1. The van der Waals surface area contributed by atoms with Gasteiger partial charge in [-0.3, -0.25) is 4.79 Å². The molecular weight excluding hydrogens is 250 g/mol. The van der Waals surface area contributed by atoms with Crippen LogP contribution in [-0.4, -0.2) is 56.0 Å². The molecule has 0 aliphatic rings. The van der Waals surface area contributed by atoms with Crippen molar-refractivity contribution in [3.05, 3.63) is 0 Å². The molecule has 0 fully saturated rings. The van der Waals surface area contributed by atoms with Crippen molar-refractivity contribution in [2.75, 3.05) is 40.3 Å². The summed E-state index contributed by atoms with van der Waals surface area (Å²) >= 11 is 0. The summed E-state index contributed by atoms with van der Waals surface area (Å²) in [5, 5.41) is 0. The fraction of sp³-hybridized carbons (Fsp3) is 0.938. The van der Waals surface area contributed by atoms with Gasteiger partial charge in [-0.2, -0.15) is 0 Å². The van der Waals surface area contributed by atoms with Gasteiger partial charge in [0, 0.05) is 19.5 Å². The van der Waals surface area contributed by atoms with Gasteiger partial charge in [0.15, 0.2) is 0 Å². The van der Waals surface area contributed by atoms with E-state index in [2.05, 4.69) is 32.8 Å². The highest BCUT2D eigenvalue weighted by atomic mass is 16.2. The summed E-state index contributed by atoms with van der Waals surface area (Å²) < 4.78 is 0. The van der Waals surface area contributed by atoms with Gasteiger partial charge >= 0.3 is 0 Å². The summed E-state index contributed by atoms with van der Waals surface area (Å²) in [6, 6.07) is 0. The second-order valence-corrected chi connectivity index (χ2v) is 5.90. The van der Waals surface area contributed by atoms with Crippen molar-refractivity contribution in [3.8, 4) is 0 Å². The normalized spacial score (nSPS) is 12.7. The van der Waals surface area contributed by atoms with Gasteiger partial charge in [0.2, 0.25) is 5.91 Å². The second-order valence-electron chi connectivity index (χ2n) is 5.90. The fourth-order valence-corrected chi connectivity index (χ4v) is 2.60. The molecule has 0 aromatic heterocycles. The third-order valence-electron chi connectivity index (χ3n) is 3.81. The average molecular weight is 285 g/mol. The number of nitrogens with zero attached hydrogens (tertiary/aromatic N) is 2. The van der Waals surface area contributed by atoms with E-state index in [1.54, 1.807) is 0 Å². The number of amides is 1. The Morgan fingerprint density at radius 1 is 1.10 bits per heavy atom. The maximum atomic E-state index is 12.2. The van der Waals surface area contributed by atoms with Crippen LogP contribution in [0.2, 0.25) is 0 Å². The standard InChI is InChI=1S/C16H35N3O/c1-5-8-15(11-12-17)9-10-16(20)19(6-2)14-7-13-18(3)4/h15H,5-14,17H2,1-4H3. The molecule has 0 radical (unpaired) electrons. The lowest BCUT2D eigenvalue weighted by molar-refractivity contribution is -0.131. The maximum Gasteiger partial charge on any atom is 0.222 e. The Morgan fingerprint density at radius 2 is 1.80 bits per heavy atom. The average Bonchev–Trinajstić information content (AvgIpc) is 2.41. The zero-order valence-electron chi connectivity index (χ0n) is 14.0. The van der Waals surface area contributed by atoms with Crippen molar-refractivity contribution < 1.29 is 4.79 Å². The number of carbonyl (C=O) groups is 1. The Kier molecular flexibility index (Phi) is 11.8. The molecule has 0 saturated carbocycles. The van der Waals surface area contributed by atoms with Crippen LogP contribution in [0.3, 0.4) is 0 Å². The fourth-order valence-electron chi connectivity index (χ4n) is 2.60. The Balaban J connectivity index is 4.06. The van der Waals surface area contributed by atoms with E-state index < -0.39 is 0 Å². The molecule has 1 atom stereocenters. The monoisotopic (exact) mass is 285 g/mol. The highest BCUT2D eigenvalue weighted by Crippen LogP contribution is 2.17.